The predicted molar refractivity (Wildman–Crippen MR) is 86.8 cm³/mol. The van der Waals surface area contributed by atoms with E-state index in [0.717, 1.165) is 37.3 Å². The van der Waals surface area contributed by atoms with Crippen molar-refractivity contribution in [1.82, 2.24) is 5.32 Å². The quantitative estimate of drug-likeness (QED) is 0.746. The first-order valence-electron chi connectivity index (χ1n) is 7.45. The lowest BCUT2D eigenvalue weighted by Crippen LogP contribution is -2.36. The summed E-state index contributed by atoms with van der Waals surface area (Å²) in [6, 6.07) is 4.05. The van der Waals surface area contributed by atoms with Gasteiger partial charge in [-0.25, -0.2) is 0 Å². The molecule has 1 N–H and O–H groups in total. The van der Waals surface area contributed by atoms with Gasteiger partial charge in [-0.05, 0) is 64.3 Å². The Morgan fingerprint density at radius 2 is 1.48 bits per heavy atom. The van der Waals surface area contributed by atoms with E-state index in [2.05, 4.69) is 26.1 Å². The summed E-state index contributed by atoms with van der Waals surface area (Å²) in [5.41, 5.74) is 1.40. The van der Waals surface area contributed by atoms with E-state index in [1.54, 1.807) is 21.3 Å². The van der Waals surface area contributed by atoms with Crippen molar-refractivity contribution in [1.29, 1.82) is 0 Å². The Morgan fingerprint density at radius 1 is 0.905 bits per heavy atom. The van der Waals surface area contributed by atoms with Gasteiger partial charge in [0, 0.05) is 5.54 Å². The van der Waals surface area contributed by atoms with Crippen molar-refractivity contribution in [2.45, 2.75) is 45.6 Å². The molecule has 0 aromatic heterocycles. The number of aryl methyl sites for hydroxylation is 1. The smallest absolute Gasteiger partial charge is 0.203 e. The standard InChI is InChI=1S/C17H29NO3/c1-17(2,3)18-10-8-7-9-13-11-14(19-4)16(21-6)15(12-13)20-5/h11-12,18H,7-10H2,1-6H3. The average Bonchev–Trinajstić information content (AvgIpc) is 2.44. The Balaban J connectivity index is 2.59. The molecule has 1 rings (SSSR count). The zero-order valence-corrected chi connectivity index (χ0v) is 14.2. The number of unbranched alkanes of at least 4 members (excludes halogenated alkanes) is 1. The lowest BCUT2D eigenvalue weighted by molar-refractivity contribution is 0.323. The van der Waals surface area contributed by atoms with Crippen molar-refractivity contribution in [3.63, 3.8) is 0 Å². The highest BCUT2D eigenvalue weighted by Gasteiger charge is 2.13. The van der Waals surface area contributed by atoms with E-state index in [9.17, 15) is 0 Å². The second-order valence-corrected chi connectivity index (χ2v) is 6.17. The molecule has 0 unspecified atom stereocenters. The summed E-state index contributed by atoms with van der Waals surface area (Å²) in [6.07, 6.45) is 3.28. The summed E-state index contributed by atoms with van der Waals surface area (Å²) in [7, 11) is 4.92. The van der Waals surface area contributed by atoms with Gasteiger partial charge < -0.3 is 19.5 Å². The van der Waals surface area contributed by atoms with Gasteiger partial charge in [-0.1, -0.05) is 0 Å². The first kappa shape index (κ1) is 17.6. The molecule has 0 spiro atoms. The van der Waals surface area contributed by atoms with Crippen LogP contribution >= 0.6 is 0 Å². The van der Waals surface area contributed by atoms with Gasteiger partial charge in [0.15, 0.2) is 11.5 Å². The number of hydrogen-bond donors (Lipinski definition) is 1. The first-order valence-corrected chi connectivity index (χ1v) is 7.45. The Bertz CT molecular complexity index is 413. The summed E-state index contributed by atoms with van der Waals surface area (Å²) in [6.45, 7) is 7.60. The number of nitrogens with one attached hydrogen (secondary N) is 1. The molecule has 1 aromatic carbocycles. The Labute approximate surface area is 128 Å². The van der Waals surface area contributed by atoms with Crippen LogP contribution in [0.3, 0.4) is 0 Å². The van der Waals surface area contributed by atoms with E-state index in [1.807, 2.05) is 12.1 Å². The molecule has 0 aliphatic heterocycles. The summed E-state index contributed by atoms with van der Waals surface area (Å²) in [5.74, 6) is 2.09. The molecule has 1 aromatic rings. The van der Waals surface area contributed by atoms with Gasteiger partial charge in [0.1, 0.15) is 0 Å². The van der Waals surface area contributed by atoms with Crippen LogP contribution in [0.4, 0.5) is 0 Å². The first-order chi connectivity index (χ1) is 9.91. The highest BCUT2D eigenvalue weighted by atomic mass is 16.5. The molecular weight excluding hydrogens is 266 g/mol. The van der Waals surface area contributed by atoms with Crippen LogP contribution in [0, 0.1) is 0 Å². The van der Waals surface area contributed by atoms with Crippen molar-refractivity contribution in [3.8, 4) is 17.2 Å². The minimum Gasteiger partial charge on any atom is -0.493 e. The fraction of sp³-hybridized carbons (Fsp3) is 0.647. The van der Waals surface area contributed by atoms with Crippen LogP contribution in [0.1, 0.15) is 39.2 Å². The molecule has 0 bridgehead atoms. The second-order valence-electron chi connectivity index (χ2n) is 6.17. The minimum atomic E-state index is 0.187. The van der Waals surface area contributed by atoms with E-state index in [4.69, 9.17) is 14.2 Å². The molecule has 0 heterocycles. The highest BCUT2D eigenvalue weighted by molar-refractivity contribution is 5.53. The van der Waals surface area contributed by atoms with Crippen molar-refractivity contribution < 1.29 is 14.2 Å². The van der Waals surface area contributed by atoms with Crippen molar-refractivity contribution in [2.75, 3.05) is 27.9 Å². The Morgan fingerprint density at radius 3 is 1.90 bits per heavy atom. The molecule has 0 atom stereocenters. The number of rotatable bonds is 8. The molecule has 0 saturated heterocycles. The molecular formula is C17H29NO3. The maximum Gasteiger partial charge on any atom is 0.203 e. The Kier molecular flexibility index (Phi) is 6.82. The second kappa shape index (κ2) is 8.13. The summed E-state index contributed by atoms with van der Waals surface area (Å²) in [4.78, 5) is 0. The van der Waals surface area contributed by atoms with Crippen LogP contribution < -0.4 is 19.5 Å². The van der Waals surface area contributed by atoms with E-state index < -0.39 is 0 Å². The molecule has 0 amide bonds. The van der Waals surface area contributed by atoms with Gasteiger partial charge in [-0.2, -0.15) is 0 Å². The summed E-state index contributed by atoms with van der Waals surface area (Å²) < 4.78 is 16.1. The third-order valence-electron chi connectivity index (χ3n) is 3.27. The van der Waals surface area contributed by atoms with Crippen LogP contribution in [0.5, 0.6) is 17.2 Å². The monoisotopic (exact) mass is 295 g/mol. The fourth-order valence-electron chi connectivity index (χ4n) is 2.20. The van der Waals surface area contributed by atoms with Gasteiger partial charge >= 0.3 is 0 Å². The SMILES string of the molecule is COc1cc(CCCCNC(C)(C)C)cc(OC)c1OC. The largest absolute Gasteiger partial charge is 0.493 e. The Hall–Kier alpha value is -1.42. The van der Waals surface area contributed by atoms with Crippen LogP contribution in [-0.2, 0) is 6.42 Å². The number of methoxy groups -OCH3 is 3. The third-order valence-corrected chi connectivity index (χ3v) is 3.27. The topological polar surface area (TPSA) is 39.7 Å². The number of hydrogen-bond acceptors (Lipinski definition) is 4. The van der Waals surface area contributed by atoms with E-state index in [0.29, 0.717) is 5.75 Å². The number of ether oxygens (including phenoxy) is 3. The molecule has 120 valence electrons. The van der Waals surface area contributed by atoms with E-state index in [-0.39, 0.29) is 5.54 Å². The van der Waals surface area contributed by atoms with Gasteiger partial charge in [-0.15, -0.1) is 0 Å². The van der Waals surface area contributed by atoms with Crippen molar-refractivity contribution in [2.24, 2.45) is 0 Å². The lowest BCUT2D eigenvalue weighted by atomic mass is 10.1. The summed E-state index contributed by atoms with van der Waals surface area (Å²) in [5, 5.41) is 3.50. The predicted octanol–water partition coefficient (Wildman–Crippen LogP) is 3.42. The zero-order valence-electron chi connectivity index (χ0n) is 14.2. The minimum absolute atomic E-state index is 0.187. The van der Waals surface area contributed by atoms with Gasteiger partial charge in [-0.3, -0.25) is 0 Å². The van der Waals surface area contributed by atoms with Gasteiger partial charge in [0.05, 0.1) is 21.3 Å². The molecule has 4 nitrogen and oxygen atoms in total. The maximum atomic E-state index is 5.37. The van der Waals surface area contributed by atoms with Crippen molar-refractivity contribution >= 4 is 0 Å². The van der Waals surface area contributed by atoms with Crippen LogP contribution in [-0.4, -0.2) is 33.4 Å². The fourth-order valence-corrected chi connectivity index (χ4v) is 2.20. The van der Waals surface area contributed by atoms with E-state index in [1.165, 1.54) is 5.56 Å². The zero-order chi connectivity index (χ0) is 15.9. The molecule has 0 fully saturated rings. The molecule has 4 heteroatoms. The van der Waals surface area contributed by atoms with E-state index >= 15 is 0 Å². The molecule has 0 radical (unpaired) electrons. The van der Waals surface area contributed by atoms with Crippen LogP contribution in [0.15, 0.2) is 12.1 Å². The summed E-state index contributed by atoms with van der Waals surface area (Å²) >= 11 is 0. The third kappa shape index (κ3) is 5.84. The molecule has 0 aliphatic rings. The van der Waals surface area contributed by atoms with Crippen LogP contribution in [0.2, 0.25) is 0 Å². The van der Waals surface area contributed by atoms with Crippen LogP contribution in [0.25, 0.3) is 0 Å². The molecule has 0 saturated carbocycles. The van der Waals surface area contributed by atoms with Crippen molar-refractivity contribution in [3.05, 3.63) is 17.7 Å². The van der Waals surface area contributed by atoms with Gasteiger partial charge in [0.2, 0.25) is 5.75 Å². The average molecular weight is 295 g/mol. The lowest BCUT2D eigenvalue weighted by Gasteiger charge is -2.20. The molecule has 0 aliphatic carbocycles. The normalized spacial score (nSPS) is 11.3. The molecule has 21 heavy (non-hydrogen) atoms. The highest BCUT2D eigenvalue weighted by Crippen LogP contribution is 2.38. The number of benzene rings is 1. The maximum absolute atomic E-state index is 5.37. The van der Waals surface area contributed by atoms with Gasteiger partial charge in [0.25, 0.3) is 0 Å².